The average molecular weight is 413 g/mol. The van der Waals surface area contributed by atoms with Crippen LogP contribution in [-0.2, 0) is 0 Å². The lowest BCUT2D eigenvalue weighted by atomic mass is 9.96. The fraction of sp³-hybridized carbons (Fsp3) is 0.611. The second kappa shape index (κ2) is 8.18. The standard InChI is InChI=1S/C18H27N3.HI/c1-13-8-6-7-11-15(13)16-12-17(16)21-18(19-2)20-14-9-4-3-5-10-14;/h6-8,11,14,16-17H,3-5,9-10,12H2,1-2H3,(H2,19,20,21);1H. The molecule has 2 fully saturated rings. The fourth-order valence-corrected chi connectivity index (χ4v) is 3.49. The Bertz CT molecular complexity index is 509. The van der Waals surface area contributed by atoms with E-state index < -0.39 is 0 Å². The van der Waals surface area contributed by atoms with Gasteiger partial charge in [-0.25, -0.2) is 0 Å². The van der Waals surface area contributed by atoms with Crippen LogP contribution in [0.1, 0.15) is 55.6 Å². The second-order valence-corrected chi connectivity index (χ2v) is 6.50. The summed E-state index contributed by atoms with van der Waals surface area (Å²) in [5.41, 5.74) is 2.89. The molecule has 0 aromatic heterocycles. The third-order valence-electron chi connectivity index (χ3n) is 4.87. The van der Waals surface area contributed by atoms with Crippen molar-refractivity contribution >= 4 is 29.9 Å². The van der Waals surface area contributed by atoms with Crippen molar-refractivity contribution in [3.63, 3.8) is 0 Å². The lowest BCUT2D eigenvalue weighted by Crippen LogP contribution is -2.45. The van der Waals surface area contributed by atoms with Crippen molar-refractivity contribution in [3.8, 4) is 0 Å². The monoisotopic (exact) mass is 413 g/mol. The van der Waals surface area contributed by atoms with Gasteiger partial charge in [0.2, 0.25) is 0 Å². The van der Waals surface area contributed by atoms with Crippen LogP contribution in [0.25, 0.3) is 0 Å². The van der Waals surface area contributed by atoms with Gasteiger partial charge < -0.3 is 10.6 Å². The van der Waals surface area contributed by atoms with Crippen LogP contribution in [0.15, 0.2) is 29.3 Å². The summed E-state index contributed by atoms with van der Waals surface area (Å²) in [6.45, 7) is 2.21. The molecule has 0 heterocycles. The summed E-state index contributed by atoms with van der Waals surface area (Å²) in [6.07, 6.45) is 7.88. The van der Waals surface area contributed by atoms with Gasteiger partial charge in [0.1, 0.15) is 0 Å². The number of halogens is 1. The minimum atomic E-state index is 0. The molecule has 0 radical (unpaired) electrons. The Morgan fingerprint density at radius 2 is 1.82 bits per heavy atom. The maximum absolute atomic E-state index is 4.41. The lowest BCUT2D eigenvalue weighted by molar-refractivity contribution is 0.410. The summed E-state index contributed by atoms with van der Waals surface area (Å²) in [5, 5.41) is 7.21. The van der Waals surface area contributed by atoms with Gasteiger partial charge in [-0.15, -0.1) is 24.0 Å². The summed E-state index contributed by atoms with van der Waals surface area (Å²) in [5.74, 6) is 1.64. The predicted molar refractivity (Wildman–Crippen MR) is 104 cm³/mol. The molecule has 0 bridgehead atoms. The van der Waals surface area contributed by atoms with Crippen LogP contribution >= 0.6 is 24.0 Å². The summed E-state index contributed by atoms with van der Waals surface area (Å²) in [6, 6.07) is 9.89. The molecule has 2 saturated carbocycles. The van der Waals surface area contributed by atoms with E-state index in [4.69, 9.17) is 0 Å². The van der Waals surface area contributed by atoms with Crippen molar-refractivity contribution in [1.29, 1.82) is 0 Å². The quantitative estimate of drug-likeness (QED) is 0.447. The topological polar surface area (TPSA) is 36.4 Å². The Balaban J connectivity index is 0.00000176. The van der Waals surface area contributed by atoms with Crippen molar-refractivity contribution < 1.29 is 0 Å². The van der Waals surface area contributed by atoms with Crippen molar-refractivity contribution in [2.75, 3.05) is 7.05 Å². The number of hydrogen-bond acceptors (Lipinski definition) is 1. The molecule has 2 aliphatic carbocycles. The van der Waals surface area contributed by atoms with Gasteiger partial charge in [0.05, 0.1) is 0 Å². The molecule has 2 unspecified atom stereocenters. The zero-order chi connectivity index (χ0) is 14.7. The SMILES string of the molecule is CN=C(NC1CCCCC1)NC1CC1c1ccccc1C.I. The van der Waals surface area contributed by atoms with Gasteiger partial charge >= 0.3 is 0 Å². The molecule has 1 aromatic rings. The molecule has 122 valence electrons. The number of aryl methyl sites for hydroxylation is 1. The van der Waals surface area contributed by atoms with Crippen molar-refractivity contribution in [1.82, 2.24) is 10.6 Å². The van der Waals surface area contributed by atoms with E-state index in [0.29, 0.717) is 18.0 Å². The van der Waals surface area contributed by atoms with E-state index in [1.54, 1.807) is 0 Å². The number of nitrogens with zero attached hydrogens (tertiary/aromatic N) is 1. The first-order valence-corrected chi connectivity index (χ1v) is 8.33. The van der Waals surface area contributed by atoms with Crippen LogP contribution in [0, 0.1) is 6.92 Å². The Morgan fingerprint density at radius 1 is 1.09 bits per heavy atom. The van der Waals surface area contributed by atoms with Gasteiger partial charge in [0, 0.05) is 25.0 Å². The van der Waals surface area contributed by atoms with E-state index in [0.717, 1.165) is 5.96 Å². The van der Waals surface area contributed by atoms with E-state index in [9.17, 15) is 0 Å². The van der Waals surface area contributed by atoms with Crippen LogP contribution < -0.4 is 10.6 Å². The first-order valence-electron chi connectivity index (χ1n) is 8.33. The van der Waals surface area contributed by atoms with Crippen LogP contribution in [0.2, 0.25) is 0 Å². The van der Waals surface area contributed by atoms with E-state index >= 15 is 0 Å². The third kappa shape index (κ3) is 4.37. The van der Waals surface area contributed by atoms with E-state index in [-0.39, 0.29) is 24.0 Å². The molecule has 2 atom stereocenters. The average Bonchev–Trinajstić information content (AvgIpc) is 3.27. The number of guanidine groups is 1. The van der Waals surface area contributed by atoms with Crippen molar-refractivity contribution in [2.24, 2.45) is 4.99 Å². The minimum Gasteiger partial charge on any atom is -0.354 e. The van der Waals surface area contributed by atoms with Crippen LogP contribution in [0.3, 0.4) is 0 Å². The maximum Gasteiger partial charge on any atom is 0.191 e. The van der Waals surface area contributed by atoms with Crippen molar-refractivity contribution in [3.05, 3.63) is 35.4 Å². The van der Waals surface area contributed by atoms with Gasteiger partial charge in [0.15, 0.2) is 5.96 Å². The molecule has 0 saturated heterocycles. The number of hydrogen-bond donors (Lipinski definition) is 2. The maximum atomic E-state index is 4.41. The summed E-state index contributed by atoms with van der Waals surface area (Å²) >= 11 is 0. The number of rotatable bonds is 3. The molecule has 2 N–H and O–H groups in total. The zero-order valence-corrected chi connectivity index (χ0v) is 16.0. The highest BCUT2D eigenvalue weighted by atomic mass is 127. The van der Waals surface area contributed by atoms with Crippen molar-refractivity contribution in [2.45, 2.75) is 63.5 Å². The van der Waals surface area contributed by atoms with Crippen LogP contribution in [0.4, 0.5) is 0 Å². The van der Waals surface area contributed by atoms with E-state index in [1.807, 2.05) is 7.05 Å². The van der Waals surface area contributed by atoms with E-state index in [1.165, 1.54) is 49.7 Å². The smallest absolute Gasteiger partial charge is 0.191 e. The van der Waals surface area contributed by atoms with Crippen LogP contribution in [-0.4, -0.2) is 25.1 Å². The molecule has 0 amide bonds. The van der Waals surface area contributed by atoms with Gasteiger partial charge in [-0.2, -0.15) is 0 Å². The van der Waals surface area contributed by atoms with Gasteiger partial charge in [0.25, 0.3) is 0 Å². The number of aliphatic imine (C=N–C) groups is 1. The first-order chi connectivity index (χ1) is 10.3. The highest BCUT2D eigenvalue weighted by Gasteiger charge is 2.39. The Labute approximate surface area is 151 Å². The molecule has 2 aliphatic rings. The number of benzene rings is 1. The van der Waals surface area contributed by atoms with E-state index in [2.05, 4.69) is 46.8 Å². The largest absolute Gasteiger partial charge is 0.354 e. The minimum absolute atomic E-state index is 0. The van der Waals surface area contributed by atoms with Crippen LogP contribution in [0.5, 0.6) is 0 Å². The highest BCUT2D eigenvalue weighted by Crippen LogP contribution is 2.42. The molecule has 4 heteroatoms. The summed E-state index contributed by atoms with van der Waals surface area (Å²) < 4.78 is 0. The Morgan fingerprint density at radius 3 is 2.50 bits per heavy atom. The molecular formula is C18H28IN3. The zero-order valence-electron chi connectivity index (χ0n) is 13.6. The fourth-order valence-electron chi connectivity index (χ4n) is 3.49. The molecule has 0 spiro atoms. The molecule has 3 nitrogen and oxygen atoms in total. The molecule has 3 rings (SSSR count). The number of nitrogens with one attached hydrogen (secondary N) is 2. The molecular weight excluding hydrogens is 385 g/mol. The predicted octanol–water partition coefficient (Wildman–Crippen LogP) is 3.97. The summed E-state index contributed by atoms with van der Waals surface area (Å²) in [4.78, 5) is 4.41. The Kier molecular flexibility index (Phi) is 6.53. The summed E-state index contributed by atoms with van der Waals surface area (Å²) in [7, 11) is 1.88. The first kappa shape index (κ1) is 17.6. The molecule has 1 aromatic carbocycles. The van der Waals surface area contributed by atoms with Gasteiger partial charge in [-0.05, 0) is 37.3 Å². The second-order valence-electron chi connectivity index (χ2n) is 6.50. The van der Waals surface area contributed by atoms with Gasteiger partial charge in [-0.1, -0.05) is 43.5 Å². The highest BCUT2D eigenvalue weighted by molar-refractivity contribution is 14.0. The molecule has 0 aliphatic heterocycles. The van der Waals surface area contributed by atoms with Gasteiger partial charge in [-0.3, -0.25) is 4.99 Å². The molecule has 22 heavy (non-hydrogen) atoms. The third-order valence-corrected chi connectivity index (χ3v) is 4.87. The Hall–Kier alpha value is -0.780. The normalized spacial score (nSPS) is 25.3. The lowest BCUT2D eigenvalue weighted by Gasteiger charge is -2.25.